The van der Waals surface area contributed by atoms with Crippen molar-refractivity contribution in [2.24, 2.45) is 0 Å². The Morgan fingerprint density at radius 1 is 1.53 bits per heavy atom. The summed E-state index contributed by atoms with van der Waals surface area (Å²) in [6.45, 7) is 2.84. The van der Waals surface area contributed by atoms with Gasteiger partial charge in [0, 0.05) is 19.6 Å². The fourth-order valence-electron chi connectivity index (χ4n) is 2.17. The fourth-order valence-corrected chi connectivity index (χ4v) is 2.17. The van der Waals surface area contributed by atoms with Crippen LogP contribution in [-0.2, 0) is 0 Å². The van der Waals surface area contributed by atoms with Crippen LogP contribution in [0.25, 0.3) is 0 Å². The molecule has 0 unspecified atom stereocenters. The van der Waals surface area contributed by atoms with Crippen molar-refractivity contribution in [1.29, 1.82) is 0 Å². The maximum Gasteiger partial charge on any atom is 0.315 e. The molecule has 0 amide bonds. The van der Waals surface area contributed by atoms with Crippen molar-refractivity contribution < 1.29 is 4.92 Å². The van der Waals surface area contributed by atoms with Gasteiger partial charge in [0.1, 0.15) is 11.4 Å². The minimum Gasteiger partial charge on any atom is -0.382 e. The van der Waals surface area contributed by atoms with Crippen molar-refractivity contribution >= 4 is 17.1 Å². The first-order valence-corrected chi connectivity index (χ1v) is 5.90. The number of hydrogen-bond donors (Lipinski definition) is 1. The molecule has 1 fully saturated rings. The number of rotatable bonds is 5. The van der Waals surface area contributed by atoms with Crippen LogP contribution in [0.5, 0.6) is 0 Å². The molecule has 0 aromatic heterocycles. The highest BCUT2D eigenvalue weighted by Gasteiger charge is 2.32. The van der Waals surface area contributed by atoms with Gasteiger partial charge in [-0.05, 0) is 31.9 Å². The van der Waals surface area contributed by atoms with E-state index < -0.39 is 0 Å². The summed E-state index contributed by atoms with van der Waals surface area (Å²) in [6, 6.07) is 5.91. The lowest BCUT2D eigenvalue weighted by atomic mass is 10.2. The van der Waals surface area contributed by atoms with Gasteiger partial charge in [-0.15, -0.1) is 0 Å². The predicted molar refractivity (Wildman–Crippen MR) is 68.7 cm³/mol. The summed E-state index contributed by atoms with van der Waals surface area (Å²) in [6.07, 6.45) is 2.27. The van der Waals surface area contributed by atoms with E-state index in [9.17, 15) is 10.1 Å². The Hall–Kier alpha value is -1.78. The highest BCUT2D eigenvalue weighted by atomic mass is 16.6. The lowest BCUT2D eigenvalue weighted by molar-refractivity contribution is -0.383. The Bertz CT molecular complexity index is 430. The van der Waals surface area contributed by atoms with Crippen molar-refractivity contribution in [1.82, 2.24) is 0 Å². The van der Waals surface area contributed by atoms with Crippen molar-refractivity contribution in [3.63, 3.8) is 0 Å². The molecule has 2 rings (SSSR count). The molecule has 1 aliphatic rings. The second-order valence-electron chi connectivity index (χ2n) is 4.20. The summed E-state index contributed by atoms with van der Waals surface area (Å²) in [5, 5.41) is 14.1. The largest absolute Gasteiger partial charge is 0.382 e. The third kappa shape index (κ3) is 2.18. The maximum atomic E-state index is 11.2. The molecule has 0 spiro atoms. The van der Waals surface area contributed by atoms with Crippen LogP contribution >= 0.6 is 0 Å². The Labute approximate surface area is 101 Å². The SMILES string of the molecule is CCN(c1cccc(NC)c1[N+](=O)[O-])C1CC1. The number of nitrogens with one attached hydrogen (secondary N) is 1. The van der Waals surface area contributed by atoms with Crippen LogP contribution in [-0.4, -0.2) is 24.6 Å². The lowest BCUT2D eigenvalue weighted by Gasteiger charge is -2.23. The number of nitrogens with zero attached hydrogens (tertiary/aromatic N) is 2. The van der Waals surface area contributed by atoms with E-state index in [2.05, 4.69) is 10.2 Å². The van der Waals surface area contributed by atoms with Gasteiger partial charge in [-0.3, -0.25) is 10.1 Å². The van der Waals surface area contributed by atoms with Gasteiger partial charge in [0.2, 0.25) is 0 Å². The number of anilines is 2. The minimum atomic E-state index is -0.299. The van der Waals surface area contributed by atoms with E-state index in [1.165, 1.54) is 0 Å². The number of hydrogen-bond acceptors (Lipinski definition) is 4. The van der Waals surface area contributed by atoms with Gasteiger partial charge in [0.05, 0.1) is 4.92 Å². The smallest absolute Gasteiger partial charge is 0.315 e. The van der Waals surface area contributed by atoms with Gasteiger partial charge in [0.25, 0.3) is 0 Å². The van der Waals surface area contributed by atoms with Crippen LogP contribution in [0.2, 0.25) is 0 Å². The molecule has 92 valence electrons. The molecular weight excluding hydrogens is 218 g/mol. The fraction of sp³-hybridized carbons (Fsp3) is 0.500. The average molecular weight is 235 g/mol. The third-order valence-electron chi connectivity index (χ3n) is 3.10. The van der Waals surface area contributed by atoms with Crippen LogP contribution in [0.4, 0.5) is 17.1 Å². The second kappa shape index (κ2) is 4.61. The predicted octanol–water partition coefficient (Wildman–Crippen LogP) is 2.63. The Morgan fingerprint density at radius 3 is 2.71 bits per heavy atom. The van der Waals surface area contributed by atoms with Crippen LogP contribution in [0.1, 0.15) is 19.8 Å². The number of nitro benzene ring substituents is 1. The molecule has 17 heavy (non-hydrogen) atoms. The van der Waals surface area contributed by atoms with Gasteiger partial charge in [-0.1, -0.05) is 6.07 Å². The van der Waals surface area contributed by atoms with Gasteiger partial charge >= 0.3 is 5.69 Å². The van der Waals surface area contributed by atoms with Gasteiger partial charge in [-0.25, -0.2) is 0 Å². The Balaban J connectivity index is 2.47. The van der Waals surface area contributed by atoms with E-state index in [0.29, 0.717) is 11.7 Å². The van der Waals surface area contributed by atoms with Crippen LogP contribution < -0.4 is 10.2 Å². The van der Waals surface area contributed by atoms with Crippen molar-refractivity contribution in [3.05, 3.63) is 28.3 Å². The monoisotopic (exact) mass is 235 g/mol. The first-order valence-electron chi connectivity index (χ1n) is 5.90. The molecule has 5 heteroatoms. The molecule has 1 aromatic carbocycles. The summed E-state index contributed by atoms with van der Waals surface area (Å²) < 4.78 is 0. The van der Waals surface area contributed by atoms with E-state index >= 15 is 0 Å². The number of para-hydroxylation sites is 1. The molecule has 0 saturated heterocycles. The van der Waals surface area contributed by atoms with E-state index in [1.807, 2.05) is 19.1 Å². The lowest BCUT2D eigenvalue weighted by Crippen LogP contribution is -2.26. The second-order valence-corrected chi connectivity index (χ2v) is 4.20. The number of benzene rings is 1. The molecule has 5 nitrogen and oxygen atoms in total. The molecule has 1 N–H and O–H groups in total. The third-order valence-corrected chi connectivity index (χ3v) is 3.10. The first-order chi connectivity index (χ1) is 8.19. The van der Waals surface area contributed by atoms with Crippen LogP contribution in [0.15, 0.2) is 18.2 Å². The normalized spacial score (nSPS) is 14.5. The van der Waals surface area contributed by atoms with Crippen molar-refractivity contribution in [2.75, 3.05) is 23.8 Å². The van der Waals surface area contributed by atoms with E-state index in [0.717, 1.165) is 25.1 Å². The quantitative estimate of drug-likeness (QED) is 0.629. The zero-order valence-electron chi connectivity index (χ0n) is 10.1. The van der Waals surface area contributed by atoms with E-state index in [4.69, 9.17) is 0 Å². The molecule has 1 saturated carbocycles. The highest BCUT2D eigenvalue weighted by Crippen LogP contribution is 2.40. The molecule has 0 bridgehead atoms. The summed E-state index contributed by atoms with van der Waals surface area (Å²) in [7, 11) is 1.71. The standard InChI is InChI=1S/C12H17N3O2/c1-3-14(9-7-8-9)11-6-4-5-10(13-2)12(11)15(16)17/h4-6,9,13H,3,7-8H2,1-2H3. The Kier molecular flexibility index (Phi) is 3.17. The minimum absolute atomic E-state index is 0.184. The topological polar surface area (TPSA) is 58.4 Å². The highest BCUT2D eigenvalue weighted by molar-refractivity contribution is 5.77. The summed E-state index contributed by atoms with van der Waals surface area (Å²) >= 11 is 0. The molecule has 1 aromatic rings. The van der Waals surface area contributed by atoms with E-state index in [-0.39, 0.29) is 10.6 Å². The molecular formula is C12H17N3O2. The zero-order valence-corrected chi connectivity index (χ0v) is 10.1. The van der Waals surface area contributed by atoms with Crippen molar-refractivity contribution in [3.8, 4) is 0 Å². The maximum absolute atomic E-state index is 11.2. The molecule has 0 aliphatic heterocycles. The first kappa shape index (κ1) is 11.7. The van der Waals surface area contributed by atoms with Crippen LogP contribution in [0, 0.1) is 10.1 Å². The molecule has 1 aliphatic carbocycles. The molecule has 0 atom stereocenters. The summed E-state index contributed by atoms with van der Waals surface area (Å²) in [5.74, 6) is 0. The summed E-state index contributed by atoms with van der Waals surface area (Å²) in [5.41, 5.74) is 1.49. The Morgan fingerprint density at radius 2 is 2.24 bits per heavy atom. The van der Waals surface area contributed by atoms with Gasteiger partial charge in [-0.2, -0.15) is 0 Å². The molecule has 0 heterocycles. The molecule has 0 radical (unpaired) electrons. The average Bonchev–Trinajstić information content (AvgIpc) is 3.13. The van der Waals surface area contributed by atoms with Gasteiger partial charge < -0.3 is 10.2 Å². The van der Waals surface area contributed by atoms with Crippen molar-refractivity contribution in [2.45, 2.75) is 25.8 Å². The van der Waals surface area contributed by atoms with Crippen LogP contribution in [0.3, 0.4) is 0 Å². The number of nitro groups is 1. The van der Waals surface area contributed by atoms with E-state index in [1.54, 1.807) is 13.1 Å². The summed E-state index contributed by atoms with van der Waals surface area (Å²) in [4.78, 5) is 13.0. The zero-order chi connectivity index (χ0) is 12.4. The van der Waals surface area contributed by atoms with Gasteiger partial charge in [0.15, 0.2) is 0 Å².